The zero-order valence-corrected chi connectivity index (χ0v) is 34.0. The summed E-state index contributed by atoms with van der Waals surface area (Å²) in [6, 6.07) is 19.9. The first kappa shape index (κ1) is 39.5. The molecular formula is C43H50FIrN2O2S-. The van der Waals surface area contributed by atoms with Crippen LogP contribution in [0.1, 0.15) is 105 Å². The summed E-state index contributed by atoms with van der Waals surface area (Å²) in [6.07, 6.45) is 7.36. The van der Waals surface area contributed by atoms with Crippen LogP contribution in [0.2, 0.25) is 0 Å². The molecule has 50 heavy (non-hydrogen) atoms. The van der Waals surface area contributed by atoms with E-state index in [1.54, 1.807) is 23.7 Å². The normalized spacial score (nSPS) is 13.6. The van der Waals surface area contributed by atoms with Crippen LogP contribution < -0.4 is 0 Å². The first-order valence-electron chi connectivity index (χ1n) is 17.7. The third-order valence-corrected chi connectivity index (χ3v) is 11.0. The topological polar surface area (TPSA) is 63.1 Å². The van der Waals surface area contributed by atoms with Gasteiger partial charge in [0.05, 0.1) is 5.76 Å². The fourth-order valence-electron chi connectivity index (χ4n) is 7.13. The Morgan fingerprint density at radius 1 is 0.980 bits per heavy atom. The van der Waals surface area contributed by atoms with Gasteiger partial charge in [0.2, 0.25) is 0 Å². The van der Waals surface area contributed by atoms with E-state index in [9.17, 15) is 9.90 Å². The molecule has 3 aromatic carbocycles. The van der Waals surface area contributed by atoms with E-state index in [0.717, 1.165) is 80.4 Å². The van der Waals surface area contributed by atoms with E-state index in [4.69, 9.17) is 4.98 Å². The van der Waals surface area contributed by atoms with E-state index >= 15 is 4.39 Å². The van der Waals surface area contributed by atoms with Crippen LogP contribution in [-0.2, 0) is 36.7 Å². The third kappa shape index (κ3) is 7.96. The number of ketones is 1. The van der Waals surface area contributed by atoms with Crippen LogP contribution in [0.5, 0.6) is 0 Å². The molecule has 0 saturated heterocycles. The van der Waals surface area contributed by atoms with E-state index in [0.29, 0.717) is 5.56 Å². The zero-order chi connectivity index (χ0) is 35.7. The molecule has 5 aromatic rings. The molecule has 1 N–H and O–H groups in total. The van der Waals surface area contributed by atoms with E-state index in [2.05, 4.69) is 76.0 Å². The quantitative estimate of drug-likeness (QED) is 0.0911. The van der Waals surface area contributed by atoms with Crippen LogP contribution in [0.25, 0.3) is 42.7 Å². The van der Waals surface area contributed by atoms with Gasteiger partial charge in [0, 0.05) is 59.5 Å². The second-order valence-electron chi connectivity index (χ2n) is 15.0. The molecule has 0 bridgehead atoms. The Morgan fingerprint density at radius 2 is 1.64 bits per heavy atom. The Labute approximate surface area is 315 Å². The van der Waals surface area contributed by atoms with Crippen molar-refractivity contribution in [3.05, 3.63) is 95.3 Å². The third-order valence-electron chi connectivity index (χ3n) is 9.91. The number of nitrogens with zero attached hydrogens (tertiary/aromatic N) is 2. The number of allylic oxidation sites excluding steroid dienone is 2. The van der Waals surface area contributed by atoms with Crippen LogP contribution >= 0.6 is 11.3 Å². The zero-order valence-electron chi connectivity index (χ0n) is 30.8. The Morgan fingerprint density at radius 3 is 2.26 bits per heavy atom. The van der Waals surface area contributed by atoms with Gasteiger partial charge >= 0.3 is 0 Å². The number of hydrogen-bond acceptors (Lipinski definition) is 5. The maximum atomic E-state index is 15.6. The minimum absolute atomic E-state index is 0. The Balaban J connectivity index is 0.000000301. The van der Waals surface area contributed by atoms with E-state index in [1.165, 1.54) is 11.6 Å². The average molecular weight is 870 g/mol. The first-order valence-corrected chi connectivity index (χ1v) is 18.5. The molecule has 0 amide bonds. The van der Waals surface area contributed by atoms with Gasteiger partial charge in [-0.1, -0.05) is 109 Å². The number of carbonyl (C=O) groups excluding carboxylic acids is 1. The van der Waals surface area contributed by atoms with Crippen molar-refractivity contribution >= 4 is 38.1 Å². The summed E-state index contributed by atoms with van der Waals surface area (Å²) < 4.78 is 15.6. The molecular weight excluding hydrogens is 820 g/mol. The van der Waals surface area contributed by atoms with Crippen LogP contribution in [0.15, 0.2) is 66.7 Å². The number of benzene rings is 3. The summed E-state index contributed by atoms with van der Waals surface area (Å²) in [5, 5.41) is 13.0. The molecule has 7 heteroatoms. The smallest absolute Gasteiger partial charge is 0.162 e. The van der Waals surface area contributed by atoms with E-state index in [1.807, 2.05) is 39.8 Å². The van der Waals surface area contributed by atoms with Crippen molar-refractivity contribution in [2.24, 2.45) is 17.3 Å². The Kier molecular flexibility index (Phi) is 12.6. The van der Waals surface area contributed by atoms with Crippen LogP contribution in [0.4, 0.5) is 4.39 Å². The van der Waals surface area contributed by atoms with Crippen molar-refractivity contribution in [1.29, 1.82) is 0 Å². The summed E-state index contributed by atoms with van der Waals surface area (Å²) in [7, 11) is 0. The Hall–Kier alpha value is -3.25. The molecule has 4 nitrogen and oxygen atoms in total. The van der Waals surface area contributed by atoms with Gasteiger partial charge in [0.1, 0.15) is 17.0 Å². The molecule has 1 radical (unpaired) electrons. The van der Waals surface area contributed by atoms with Gasteiger partial charge in [-0.2, -0.15) is 0 Å². The molecule has 0 aliphatic heterocycles. The van der Waals surface area contributed by atoms with Crippen LogP contribution in [-0.4, -0.2) is 20.9 Å². The number of aliphatic hydroxyl groups is 1. The van der Waals surface area contributed by atoms with Crippen molar-refractivity contribution in [2.75, 3.05) is 0 Å². The fraction of sp³-hybridized carbons (Fsp3) is 0.419. The number of aliphatic hydroxyl groups excluding tert-OH is 1. The van der Waals surface area contributed by atoms with Gasteiger partial charge in [-0.25, -0.2) is 9.37 Å². The SMILES string of the molecule is CC(C)(C)Cc1ccc(-c2sc3ncnc4c3c2C(C)(C)c2cc3ccccc3[c-]c2-4)c(F)c1.CCC(CC)C(=O)/C=C(\O)C(CC)CC.[Ir]. The minimum Gasteiger partial charge on any atom is -0.512 e. The van der Waals surface area contributed by atoms with Crippen molar-refractivity contribution < 1.29 is 34.4 Å². The van der Waals surface area contributed by atoms with Crippen molar-refractivity contribution in [1.82, 2.24) is 9.97 Å². The molecule has 2 aromatic heterocycles. The second kappa shape index (κ2) is 16.0. The van der Waals surface area contributed by atoms with Gasteiger partial charge in [-0.3, -0.25) is 9.78 Å². The van der Waals surface area contributed by atoms with Crippen molar-refractivity contribution in [3.63, 3.8) is 0 Å². The van der Waals surface area contributed by atoms with Crippen LogP contribution in [0, 0.1) is 29.1 Å². The molecule has 2 heterocycles. The maximum absolute atomic E-state index is 15.6. The summed E-state index contributed by atoms with van der Waals surface area (Å²) in [5.41, 5.74) is 5.62. The molecule has 267 valence electrons. The predicted octanol–water partition coefficient (Wildman–Crippen LogP) is 12.2. The monoisotopic (exact) mass is 870 g/mol. The number of aromatic nitrogens is 2. The van der Waals surface area contributed by atoms with E-state index in [-0.39, 0.29) is 60.1 Å². The van der Waals surface area contributed by atoms with Gasteiger partial charge in [-0.15, -0.1) is 34.9 Å². The standard InChI is InChI=1S/C30H26FN2S.C13H24O2.Ir/c1-29(2,3)15-17-10-11-20(23(31)12-17)27-25-24-26(32-16-33-28(24)34-27)21-13-18-8-6-7-9-19(18)14-22(21)30(25,4)5;1-5-10(6-2)12(14)9-13(15)11(7-3)8-4;/h6-12,14,16H,15H2,1-5H3;9-11,14H,5-8H2,1-4H3;/q-1;;/b;12-9-;. The molecule has 1 aliphatic carbocycles. The number of hydrogen-bond donors (Lipinski definition) is 1. The van der Waals surface area contributed by atoms with Crippen molar-refractivity contribution in [3.8, 4) is 21.7 Å². The largest absolute Gasteiger partial charge is 0.512 e. The molecule has 0 fully saturated rings. The van der Waals surface area contributed by atoms with Gasteiger partial charge in [0.15, 0.2) is 5.78 Å². The average Bonchev–Trinajstić information content (AvgIpc) is 3.45. The number of fused-ring (bicyclic) bond motifs is 3. The van der Waals surface area contributed by atoms with Gasteiger partial charge in [-0.05, 0) is 60.1 Å². The predicted molar refractivity (Wildman–Crippen MR) is 204 cm³/mol. The van der Waals surface area contributed by atoms with Gasteiger partial charge < -0.3 is 5.11 Å². The Bertz CT molecular complexity index is 2020. The molecule has 0 saturated carbocycles. The molecule has 0 spiro atoms. The fourth-order valence-corrected chi connectivity index (χ4v) is 8.46. The number of rotatable bonds is 9. The molecule has 6 rings (SSSR count). The van der Waals surface area contributed by atoms with Crippen LogP contribution in [0.3, 0.4) is 0 Å². The summed E-state index contributed by atoms with van der Waals surface area (Å²) in [6.45, 7) is 19.0. The van der Waals surface area contributed by atoms with E-state index < -0.39 is 0 Å². The molecule has 0 unspecified atom stereocenters. The number of thiophene rings is 1. The molecule has 1 aliphatic rings. The maximum Gasteiger partial charge on any atom is 0.162 e. The summed E-state index contributed by atoms with van der Waals surface area (Å²) in [4.78, 5) is 22.9. The summed E-state index contributed by atoms with van der Waals surface area (Å²) in [5.74, 6) is 0.372. The van der Waals surface area contributed by atoms with Gasteiger partial charge in [0.25, 0.3) is 0 Å². The number of carbonyl (C=O) groups is 1. The van der Waals surface area contributed by atoms with Crippen molar-refractivity contribution in [2.45, 2.75) is 99.8 Å². The first-order chi connectivity index (χ1) is 23.2. The molecule has 0 atom stereocenters. The number of halogens is 1. The summed E-state index contributed by atoms with van der Waals surface area (Å²) >= 11 is 1.56. The second-order valence-corrected chi connectivity index (χ2v) is 16.0. The minimum atomic E-state index is -0.350.